The molecule has 0 radical (unpaired) electrons. The number of aryl methyl sites for hydroxylation is 1. The van der Waals surface area contributed by atoms with Crippen LogP contribution in [0.1, 0.15) is 41.7 Å². The van der Waals surface area contributed by atoms with Crippen LogP contribution in [-0.4, -0.2) is 40.1 Å². The SMILES string of the molecule is N#CCCc1ncccc1C(=O)N1CCC[C@H]1CCO. The van der Waals surface area contributed by atoms with Gasteiger partial charge in [0.05, 0.1) is 17.3 Å². The molecule has 1 amide bonds. The Kier molecular flexibility index (Phi) is 5.08. The summed E-state index contributed by atoms with van der Waals surface area (Å²) in [5.74, 6) is -0.0259. The number of nitrogens with zero attached hydrogens (tertiary/aromatic N) is 3. The molecule has 1 N–H and O–H groups in total. The van der Waals surface area contributed by atoms with E-state index in [0.29, 0.717) is 30.5 Å². The Morgan fingerprint density at radius 1 is 1.60 bits per heavy atom. The molecule has 0 aromatic carbocycles. The Labute approximate surface area is 118 Å². The van der Waals surface area contributed by atoms with Crippen LogP contribution >= 0.6 is 0 Å². The summed E-state index contributed by atoms with van der Waals surface area (Å²) < 4.78 is 0. The van der Waals surface area contributed by atoms with E-state index in [-0.39, 0.29) is 18.6 Å². The van der Waals surface area contributed by atoms with Gasteiger partial charge in [-0.05, 0) is 31.4 Å². The number of aliphatic hydroxyl groups is 1. The molecule has 0 spiro atoms. The van der Waals surface area contributed by atoms with Gasteiger partial charge in [0, 0.05) is 38.2 Å². The third kappa shape index (κ3) is 3.14. The van der Waals surface area contributed by atoms with E-state index in [1.54, 1.807) is 18.3 Å². The van der Waals surface area contributed by atoms with Crippen molar-refractivity contribution in [3.8, 4) is 6.07 Å². The van der Waals surface area contributed by atoms with Gasteiger partial charge in [0.1, 0.15) is 0 Å². The minimum atomic E-state index is -0.0259. The van der Waals surface area contributed by atoms with Crippen LogP contribution in [0.25, 0.3) is 0 Å². The first-order valence-corrected chi connectivity index (χ1v) is 7.00. The van der Waals surface area contributed by atoms with Crippen molar-refractivity contribution in [1.82, 2.24) is 9.88 Å². The molecule has 0 unspecified atom stereocenters. The number of amides is 1. The lowest BCUT2D eigenvalue weighted by atomic mass is 10.1. The summed E-state index contributed by atoms with van der Waals surface area (Å²) in [6, 6.07) is 5.73. The van der Waals surface area contributed by atoms with Crippen molar-refractivity contribution >= 4 is 5.91 Å². The Hall–Kier alpha value is -1.93. The van der Waals surface area contributed by atoms with E-state index in [1.165, 1.54) is 0 Å². The van der Waals surface area contributed by atoms with E-state index in [4.69, 9.17) is 10.4 Å². The second kappa shape index (κ2) is 7.01. The molecule has 0 aliphatic carbocycles. The summed E-state index contributed by atoms with van der Waals surface area (Å²) in [7, 11) is 0. The van der Waals surface area contributed by atoms with Gasteiger partial charge in [0.25, 0.3) is 5.91 Å². The number of nitriles is 1. The molecule has 0 bridgehead atoms. The van der Waals surface area contributed by atoms with Crippen LogP contribution in [0.4, 0.5) is 0 Å². The van der Waals surface area contributed by atoms with Crippen LogP contribution in [0.2, 0.25) is 0 Å². The van der Waals surface area contributed by atoms with E-state index < -0.39 is 0 Å². The summed E-state index contributed by atoms with van der Waals surface area (Å²) in [5, 5.41) is 17.8. The molecule has 2 rings (SSSR count). The third-order valence-electron chi connectivity index (χ3n) is 3.69. The summed E-state index contributed by atoms with van der Waals surface area (Å²) in [5.41, 5.74) is 1.28. The number of hydrogen-bond acceptors (Lipinski definition) is 4. The lowest BCUT2D eigenvalue weighted by Crippen LogP contribution is -2.36. The highest BCUT2D eigenvalue weighted by Crippen LogP contribution is 2.23. The summed E-state index contributed by atoms with van der Waals surface area (Å²) in [6.45, 7) is 0.832. The van der Waals surface area contributed by atoms with Gasteiger partial charge in [-0.1, -0.05) is 0 Å². The normalized spacial score (nSPS) is 18.0. The molecule has 0 saturated carbocycles. The quantitative estimate of drug-likeness (QED) is 0.882. The van der Waals surface area contributed by atoms with E-state index in [0.717, 1.165) is 19.4 Å². The van der Waals surface area contributed by atoms with Gasteiger partial charge in [0.15, 0.2) is 0 Å². The van der Waals surface area contributed by atoms with E-state index in [2.05, 4.69) is 11.1 Å². The minimum Gasteiger partial charge on any atom is -0.396 e. The number of aromatic nitrogens is 1. The molecule has 106 valence electrons. The standard InChI is InChI=1S/C15H19N3O2/c16-8-1-6-14-13(5-2-9-17-14)15(20)18-10-3-4-12(18)7-11-19/h2,5,9,12,19H,1,3-4,6-7,10-11H2/t12-/m0/s1. The Morgan fingerprint density at radius 2 is 2.45 bits per heavy atom. The molecule has 1 aliphatic rings. The Balaban J connectivity index is 2.18. The molecule has 1 saturated heterocycles. The van der Waals surface area contributed by atoms with Gasteiger partial charge in [-0.3, -0.25) is 9.78 Å². The first kappa shape index (κ1) is 14.5. The van der Waals surface area contributed by atoms with Gasteiger partial charge >= 0.3 is 0 Å². The molecule has 1 atom stereocenters. The number of aliphatic hydroxyl groups excluding tert-OH is 1. The van der Waals surface area contributed by atoms with Gasteiger partial charge in [-0.15, -0.1) is 0 Å². The lowest BCUT2D eigenvalue weighted by Gasteiger charge is -2.25. The molecule has 5 nitrogen and oxygen atoms in total. The van der Waals surface area contributed by atoms with Crippen molar-refractivity contribution in [1.29, 1.82) is 5.26 Å². The maximum absolute atomic E-state index is 12.6. The number of pyridine rings is 1. The molecular formula is C15H19N3O2. The van der Waals surface area contributed by atoms with Crippen molar-refractivity contribution < 1.29 is 9.90 Å². The van der Waals surface area contributed by atoms with E-state index in [9.17, 15) is 4.79 Å². The van der Waals surface area contributed by atoms with Crippen LogP contribution in [0, 0.1) is 11.3 Å². The summed E-state index contributed by atoms with van der Waals surface area (Å²) in [6.07, 6.45) is 5.05. The average Bonchev–Trinajstić information content (AvgIpc) is 2.93. The van der Waals surface area contributed by atoms with Gasteiger partial charge in [-0.2, -0.15) is 5.26 Å². The van der Waals surface area contributed by atoms with Crippen LogP contribution in [0.3, 0.4) is 0 Å². The molecular weight excluding hydrogens is 254 g/mol. The zero-order valence-electron chi connectivity index (χ0n) is 11.5. The molecule has 1 aliphatic heterocycles. The van der Waals surface area contributed by atoms with Gasteiger partial charge in [0.2, 0.25) is 0 Å². The second-order valence-corrected chi connectivity index (χ2v) is 4.96. The van der Waals surface area contributed by atoms with E-state index >= 15 is 0 Å². The largest absolute Gasteiger partial charge is 0.396 e. The smallest absolute Gasteiger partial charge is 0.255 e. The molecule has 1 aromatic heterocycles. The zero-order valence-corrected chi connectivity index (χ0v) is 11.5. The number of carbonyl (C=O) groups is 1. The van der Waals surface area contributed by atoms with Crippen LogP contribution < -0.4 is 0 Å². The third-order valence-corrected chi connectivity index (χ3v) is 3.69. The predicted octanol–water partition coefficient (Wildman–Crippen LogP) is 1.52. The van der Waals surface area contributed by atoms with Crippen LogP contribution in [0.5, 0.6) is 0 Å². The second-order valence-electron chi connectivity index (χ2n) is 4.96. The number of likely N-dealkylation sites (tertiary alicyclic amines) is 1. The number of rotatable bonds is 5. The number of hydrogen-bond donors (Lipinski definition) is 1. The fourth-order valence-electron chi connectivity index (χ4n) is 2.71. The predicted molar refractivity (Wildman–Crippen MR) is 73.9 cm³/mol. The monoisotopic (exact) mass is 273 g/mol. The maximum Gasteiger partial charge on any atom is 0.255 e. The fourth-order valence-corrected chi connectivity index (χ4v) is 2.71. The van der Waals surface area contributed by atoms with Crippen LogP contribution in [0.15, 0.2) is 18.3 Å². The topological polar surface area (TPSA) is 77.2 Å². The first-order valence-electron chi connectivity index (χ1n) is 7.00. The van der Waals surface area contributed by atoms with Crippen molar-refractivity contribution in [2.75, 3.05) is 13.2 Å². The minimum absolute atomic E-state index is 0.0259. The highest BCUT2D eigenvalue weighted by Gasteiger charge is 2.30. The molecule has 1 aromatic rings. The highest BCUT2D eigenvalue weighted by molar-refractivity contribution is 5.95. The molecule has 2 heterocycles. The Morgan fingerprint density at radius 3 is 3.20 bits per heavy atom. The van der Waals surface area contributed by atoms with Gasteiger partial charge < -0.3 is 10.0 Å². The van der Waals surface area contributed by atoms with Gasteiger partial charge in [-0.25, -0.2) is 0 Å². The highest BCUT2D eigenvalue weighted by atomic mass is 16.3. The lowest BCUT2D eigenvalue weighted by molar-refractivity contribution is 0.0714. The Bertz CT molecular complexity index is 510. The molecule has 1 fully saturated rings. The zero-order chi connectivity index (χ0) is 14.4. The van der Waals surface area contributed by atoms with E-state index in [1.807, 2.05) is 4.90 Å². The van der Waals surface area contributed by atoms with Crippen molar-refractivity contribution in [3.05, 3.63) is 29.6 Å². The molecule has 5 heteroatoms. The molecule has 20 heavy (non-hydrogen) atoms. The fraction of sp³-hybridized carbons (Fsp3) is 0.533. The van der Waals surface area contributed by atoms with Crippen molar-refractivity contribution in [3.63, 3.8) is 0 Å². The first-order chi connectivity index (χ1) is 9.77. The van der Waals surface area contributed by atoms with Crippen molar-refractivity contribution in [2.45, 2.75) is 38.1 Å². The van der Waals surface area contributed by atoms with Crippen molar-refractivity contribution in [2.24, 2.45) is 0 Å². The number of carbonyl (C=O) groups excluding carboxylic acids is 1. The van der Waals surface area contributed by atoms with Crippen LogP contribution in [-0.2, 0) is 6.42 Å². The summed E-state index contributed by atoms with van der Waals surface area (Å²) in [4.78, 5) is 18.7. The average molecular weight is 273 g/mol. The maximum atomic E-state index is 12.6. The summed E-state index contributed by atoms with van der Waals surface area (Å²) >= 11 is 0.